The third kappa shape index (κ3) is 1.96. The van der Waals surface area contributed by atoms with Crippen molar-refractivity contribution in [1.29, 1.82) is 0 Å². The molecule has 0 aliphatic heterocycles. The smallest absolute Gasteiger partial charge is 0.110 e. The van der Waals surface area contributed by atoms with Crippen LogP contribution in [0.4, 0.5) is 0 Å². The van der Waals surface area contributed by atoms with Gasteiger partial charge in [0.25, 0.3) is 0 Å². The normalized spacial score (nSPS) is 10.6. The minimum Gasteiger partial charge on any atom is -0.326 e. The van der Waals surface area contributed by atoms with Gasteiger partial charge in [-0.25, -0.2) is 4.98 Å². The highest BCUT2D eigenvalue weighted by Gasteiger charge is 2.03. The van der Waals surface area contributed by atoms with Crippen molar-refractivity contribution in [2.75, 3.05) is 0 Å². The molecule has 3 nitrogen and oxygen atoms in total. The Morgan fingerprint density at radius 2 is 2.27 bits per heavy atom. The number of hydrogen-bond donors (Lipinski definition) is 1. The van der Waals surface area contributed by atoms with Crippen LogP contribution < -0.4 is 5.73 Å². The Morgan fingerprint density at radius 3 is 2.80 bits per heavy atom. The van der Waals surface area contributed by atoms with Crippen LogP contribution >= 0.6 is 15.9 Å². The summed E-state index contributed by atoms with van der Waals surface area (Å²) < 4.78 is 3.07. The van der Waals surface area contributed by atoms with E-state index in [2.05, 4.69) is 27.0 Å². The van der Waals surface area contributed by atoms with Crippen LogP contribution in [0.3, 0.4) is 0 Å². The molecule has 0 aliphatic carbocycles. The van der Waals surface area contributed by atoms with Crippen molar-refractivity contribution in [3.05, 3.63) is 46.5 Å². The molecule has 1 heterocycles. The number of rotatable bonds is 2. The average molecular weight is 266 g/mol. The number of imidazole rings is 1. The highest BCUT2D eigenvalue weighted by Crippen LogP contribution is 2.21. The molecule has 0 fully saturated rings. The van der Waals surface area contributed by atoms with E-state index in [0.717, 1.165) is 21.5 Å². The summed E-state index contributed by atoms with van der Waals surface area (Å²) in [4.78, 5) is 4.19. The van der Waals surface area contributed by atoms with E-state index in [1.165, 1.54) is 0 Å². The van der Waals surface area contributed by atoms with Crippen LogP contribution in [0, 0.1) is 6.92 Å². The number of halogens is 1. The van der Waals surface area contributed by atoms with Gasteiger partial charge >= 0.3 is 0 Å². The lowest BCUT2D eigenvalue weighted by atomic mass is 10.2. The van der Waals surface area contributed by atoms with Gasteiger partial charge < -0.3 is 10.3 Å². The Morgan fingerprint density at radius 1 is 1.47 bits per heavy atom. The van der Waals surface area contributed by atoms with E-state index in [1.54, 1.807) is 6.20 Å². The molecule has 0 amide bonds. The van der Waals surface area contributed by atoms with Gasteiger partial charge in [0, 0.05) is 29.1 Å². The van der Waals surface area contributed by atoms with Crippen LogP contribution in [0.1, 0.15) is 11.4 Å². The lowest BCUT2D eigenvalue weighted by molar-refractivity contribution is 0.967. The maximum atomic E-state index is 5.60. The van der Waals surface area contributed by atoms with Crippen LogP contribution in [-0.4, -0.2) is 9.55 Å². The number of aryl methyl sites for hydroxylation is 1. The van der Waals surface area contributed by atoms with Crippen LogP contribution in [0.15, 0.2) is 35.1 Å². The number of aromatic nitrogens is 2. The molecule has 15 heavy (non-hydrogen) atoms. The first-order chi connectivity index (χ1) is 7.22. The molecule has 78 valence electrons. The van der Waals surface area contributed by atoms with Crippen molar-refractivity contribution in [2.45, 2.75) is 13.5 Å². The minimum atomic E-state index is 0.545. The van der Waals surface area contributed by atoms with Crippen LogP contribution in [-0.2, 0) is 6.54 Å². The van der Waals surface area contributed by atoms with Gasteiger partial charge in [0.15, 0.2) is 0 Å². The predicted molar refractivity (Wildman–Crippen MR) is 63.9 cm³/mol. The molecule has 0 saturated heterocycles. The van der Waals surface area contributed by atoms with E-state index in [-0.39, 0.29) is 0 Å². The summed E-state index contributed by atoms with van der Waals surface area (Å²) in [6.07, 6.45) is 3.74. The summed E-state index contributed by atoms with van der Waals surface area (Å²) in [5, 5.41) is 0. The maximum Gasteiger partial charge on any atom is 0.110 e. The van der Waals surface area contributed by atoms with Gasteiger partial charge in [-0.05, 0) is 24.6 Å². The first kappa shape index (κ1) is 10.4. The van der Waals surface area contributed by atoms with E-state index in [1.807, 2.05) is 29.8 Å². The largest absolute Gasteiger partial charge is 0.326 e. The Kier molecular flexibility index (Phi) is 2.88. The molecule has 1 aromatic carbocycles. The third-order valence-electron chi connectivity index (χ3n) is 2.36. The highest BCUT2D eigenvalue weighted by atomic mass is 79.9. The van der Waals surface area contributed by atoms with Crippen molar-refractivity contribution in [3.8, 4) is 5.69 Å². The zero-order chi connectivity index (χ0) is 10.8. The lowest BCUT2D eigenvalue weighted by Crippen LogP contribution is -2.00. The molecule has 2 N–H and O–H groups in total. The predicted octanol–water partition coefficient (Wildman–Crippen LogP) is 2.40. The number of benzene rings is 1. The maximum absolute atomic E-state index is 5.60. The molecule has 0 atom stereocenters. The average Bonchev–Trinajstić information content (AvgIpc) is 2.64. The number of nitrogens with two attached hydrogens (primary N) is 1. The minimum absolute atomic E-state index is 0.545. The fraction of sp³-hybridized carbons (Fsp3) is 0.182. The second kappa shape index (κ2) is 4.16. The van der Waals surface area contributed by atoms with Crippen molar-refractivity contribution in [3.63, 3.8) is 0 Å². The molecule has 1 aromatic heterocycles. The van der Waals surface area contributed by atoms with Gasteiger partial charge in [-0.1, -0.05) is 22.0 Å². The molecular weight excluding hydrogens is 254 g/mol. The molecule has 0 saturated carbocycles. The van der Waals surface area contributed by atoms with Crippen molar-refractivity contribution in [2.24, 2.45) is 5.73 Å². The monoisotopic (exact) mass is 265 g/mol. The summed E-state index contributed by atoms with van der Waals surface area (Å²) in [7, 11) is 0. The summed E-state index contributed by atoms with van der Waals surface area (Å²) in [6, 6.07) is 6.12. The quantitative estimate of drug-likeness (QED) is 0.907. The first-order valence-corrected chi connectivity index (χ1v) is 5.50. The number of nitrogens with zero attached hydrogens (tertiary/aromatic N) is 2. The number of hydrogen-bond acceptors (Lipinski definition) is 2. The molecule has 0 aliphatic rings. The second-order valence-electron chi connectivity index (χ2n) is 3.32. The van der Waals surface area contributed by atoms with Gasteiger partial charge in [0.1, 0.15) is 5.82 Å². The fourth-order valence-electron chi connectivity index (χ4n) is 1.50. The van der Waals surface area contributed by atoms with Gasteiger partial charge in [-0.15, -0.1) is 0 Å². The summed E-state index contributed by atoms with van der Waals surface area (Å²) in [5.41, 5.74) is 7.80. The highest BCUT2D eigenvalue weighted by molar-refractivity contribution is 9.10. The molecular formula is C11H12BrN3. The van der Waals surface area contributed by atoms with E-state index >= 15 is 0 Å². The fourth-order valence-corrected chi connectivity index (χ4v) is 2.03. The Balaban J connectivity index is 2.47. The van der Waals surface area contributed by atoms with Crippen molar-refractivity contribution in [1.82, 2.24) is 9.55 Å². The Bertz CT molecular complexity index is 476. The molecule has 2 aromatic rings. The van der Waals surface area contributed by atoms with Gasteiger partial charge in [0.2, 0.25) is 0 Å². The van der Waals surface area contributed by atoms with E-state index < -0.39 is 0 Å². The van der Waals surface area contributed by atoms with Crippen molar-refractivity contribution >= 4 is 15.9 Å². The Labute approximate surface area is 97.1 Å². The molecule has 0 unspecified atom stereocenters. The van der Waals surface area contributed by atoms with Crippen LogP contribution in [0.2, 0.25) is 0 Å². The van der Waals surface area contributed by atoms with Gasteiger partial charge in [0.05, 0.1) is 0 Å². The summed E-state index contributed by atoms with van der Waals surface area (Å²) in [5.74, 6) is 0.974. The van der Waals surface area contributed by atoms with Crippen LogP contribution in [0.5, 0.6) is 0 Å². The second-order valence-corrected chi connectivity index (χ2v) is 4.18. The zero-order valence-corrected chi connectivity index (χ0v) is 10.0. The van der Waals surface area contributed by atoms with E-state index in [0.29, 0.717) is 6.54 Å². The standard InChI is InChI=1S/C11H12BrN3/c1-8-14-4-5-15(8)10-3-2-9(7-13)11(12)6-10/h2-6H,7,13H2,1H3. The molecule has 2 rings (SSSR count). The summed E-state index contributed by atoms with van der Waals surface area (Å²) in [6.45, 7) is 2.52. The van der Waals surface area contributed by atoms with Crippen LogP contribution in [0.25, 0.3) is 5.69 Å². The molecule has 0 bridgehead atoms. The van der Waals surface area contributed by atoms with Crippen molar-refractivity contribution < 1.29 is 0 Å². The molecule has 0 radical (unpaired) electrons. The van der Waals surface area contributed by atoms with Gasteiger partial charge in [-0.3, -0.25) is 0 Å². The first-order valence-electron chi connectivity index (χ1n) is 4.71. The molecule has 0 spiro atoms. The molecule has 4 heteroatoms. The van der Waals surface area contributed by atoms with E-state index in [4.69, 9.17) is 5.73 Å². The Hall–Kier alpha value is -1.13. The SMILES string of the molecule is Cc1nccn1-c1ccc(CN)c(Br)c1. The summed E-state index contributed by atoms with van der Waals surface area (Å²) >= 11 is 3.50. The van der Waals surface area contributed by atoms with Gasteiger partial charge in [-0.2, -0.15) is 0 Å². The third-order valence-corrected chi connectivity index (χ3v) is 3.10. The van der Waals surface area contributed by atoms with E-state index in [9.17, 15) is 0 Å². The zero-order valence-electron chi connectivity index (χ0n) is 8.44. The lowest BCUT2D eigenvalue weighted by Gasteiger charge is -2.07. The topological polar surface area (TPSA) is 43.8 Å².